The van der Waals surface area contributed by atoms with Crippen LogP contribution >= 0.6 is 0 Å². The van der Waals surface area contributed by atoms with E-state index in [1.165, 1.54) is 11.1 Å². The monoisotopic (exact) mass is 317 g/mol. The lowest BCUT2D eigenvalue weighted by Crippen LogP contribution is -2.48. The van der Waals surface area contributed by atoms with Crippen molar-refractivity contribution in [3.05, 3.63) is 28.8 Å². The molecule has 1 aromatic carbocycles. The van der Waals surface area contributed by atoms with Crippen LogP contribution in [0.4, 0.5) is 0 Å². The van der Waals surface area contributed by atoms with E-state index in [9.17, 15) is 9.90 Å². The molecule has 3 atom stereocenters. The molecule has 3 rings (SSSR count). The number of aldehydes is 1. The SMILES string of the molecule is COc1cc2c(cc1C=O)[C@H]1C[C@H](O)[C@H](CC(C)C)CN1CC2. The Labute approximate surface area is 138 Å². The van der Waals surface area contributed by atoms with Crippen molar-refractivity contribution in [2.45, 2.75) is 45.3 Å². The average molecular weight is 317 g/mol. The van der Waals surface area contributed by atoms with Crippen LogP contribution in [0.5, 0.6) is 5.75 Å². The fraction of sp³-hybridized carbons (Fsp3) is 0.632. The summed E-state index contributed by atoms with van der Waals surface area (Å²) in [6, 6.07) is 4.19. The van der Waals surface area contributed by atoms with E-state index in [4.69, 9.17) is 4.74 Å². The molecule has 0 spiro atoms. The summed E-state index contributed by atoms with van der Waals surface area (Å²) in [6.07, 6.45) is 3.41. The van der Waals surface area contributed by atoms with Crippen molar-refractivity contribution in [3.8, 4) is 5.75 Å². The van der Waals surface area contributed by atoms with E-state index < -0.39 is 0 Å². The third-order valence-electron chi connectivity index (χ3n) is 5.34. The number of aliphatic hydroxyl groups is 1. The maximum absolute atomic E-state index is 11.3. The quantitative estimate of drug-likeness (QED) is 0.868. The number of carbonyl (C=O) groups excluding carboxylic acids is 1. The summed E-state index contributed by atoms with van der Waals surface area (Å²) < 4.78 is 5.33. The largest absolute Gasteiger partial charge is 0.496 e. The van der Waals surface area contributed by atoms with Gasteiger partial charge in [0.15, 0.2) is 6.29 Å². The molecular weight excluding hydrogens is 290 g/mol. The van der Waals surface area contributed by atoms with Crippen LogP contribution < -0.4 is 4.74 Å². The van der Waals surface area contributed by atoms with Crippen LogP contribution in [-0.2, 0) is 6.42 Å². The van der Waals surface area contributed by atoms with Crippen LogP contribution in [0.25, 0.3) is 0 Å². The van der Waals surface area contributed by atoms with Crippen LogP contribution in [0, 0.1) is 11.8 Å². The smallest absolute Gasteiger partial charge is 0.153 e. The van der Waals surface area contributed by atoms with Gasteiger partial charge in [-0.1, -0.05) is 13.8 Å². The van der Waals surface area contributed by atoms with E-state index in [-0.39, 0.29) is 12.1 Å². The zero-order chi connectivity index (χ0) is 16.6. The van der Waals surface area contributed by atoms with Gasteiger partial charge in [0.25, 0.3) is 0 Å². The fourth-order valence-electron chi connectivity index (χ4n) is 4.24. The number of ether oxygens (including phenoxy) is 1. The first-order chi connectivity index (χ1) is 11.0. The molecule has 0 amide bonds. The van der Waals surface area contributed by atoms with Gasteiger partial charge in [0.2, 0.25) is 0 Å². The van der Waals surface area contributed by atoms with Crippen LogP contribution in [0.2, 0.25) is 0 Å². The van der Waals surface area contributed by atoms with Crippen molar-refractivity contribution in [1.82, 2.24) is 4.90 Å². The first-order valence-corrected chi connectivity index (χ1v) is 8.61. The highest BCUT2D eigenvalue weighted by Crippen LogP contribution is 2.41. The number of carbonyl (C=O) groups is 1. The summed E-state index contributed by atoms with van der Waals surface area (Å²) in [7, 11) is 1.60. The molecule has 126 valence electrons. The lowest BCUT2D eigenvalue weighted by molar-refractivity contribution is -0.0191. The Hall–Kier alpha value is -1.39. The standard InChI is InChI=1S/C19H27NO3/c1-12(2)6-14-10-20-5-4-13-8-19(23-3)15(11-21)7-16(13)17(20)9-18(14)22/h7-8,11-12,14,17-18,22H,4-6,9-10H2,1-3H3/t14-,17-,18+/m1/s1. The highest BCUT2D eigenvalue weighted by Gasteiger charge is 2.38. The summed E-state index contributed by atoms with van der Waals surface area (Å²) in [5.74, 6) is 1.62. The fourth-order valence-corrected chi connectivity index (χ4v) is 4.24. The molecule has 2 heterocycles. The molecule has 1 saturated heterocycles. The number of fused-ring (bicyclic) bond motifs is 3. The summed E-state index contributed by atoms with van der Waals surface area (Å²) in [5.41, 5.74) is 3.05. The Morgan fingerprint density at radius 1 is 1.43 bits per heavy atom. The zero-order valence-electron chi connectivity index (χ0n) is 14.3. The van der Waals surface area contributed by atoms with Crippen molar-refractivity contribution in [2.24, 2.45) is 11.8 Å². The number of rotatable bonds is 4. The van der Waals surface area contributed by atoms with E-state index in [2.05, 4.69) is 18.7 Å². The number of piperidine rings is 1. The number of benzene rings is 1. The maximum atomic E-state index is 11.3. The van der Waals surface area contributed by atoms with Gasteiger partial charge in [0.05, 0.1) is 18.8 Å². The summed E-state index contributed by atoms with van der Waals surface area (Å²) in [5, 5.41) is 10.6. The molecule has 0 unspecified atom stereocenters. The molecule has 0 aromatic heterocycles. The number of methoxy groups -OCH3 is 1. The van der Waals surface area contributed by atoms with Gasteiger partial charge in [0, 0.05) is 19.1 Å². The molecule has 2 aliphatic rings. The predicted molar refractivity (Wildman–Crippen MR) is 90.0 cm³/mol. The number of hydrogen-bond donors (Lipinski definition) is 1. The molecule has 1 N–H and O–H groups in total. The molecule has 0 bridgehead atoms. The maximum Gasteiger partial charge on any atom is 0.153 e. The van der Waals surface area contributed by atoms with Crippen molar-refractivity contribution >= 4 is 6.29 Å². The third kappa shape index (κ3) is 3.15. The predicted octanol–water partition coefficient (Wildman–Crippen LogP) is 2.83. The molecule has 2 aliphatic heterocycles. The third-order valence-corrected chi connectivity index (χ3v) is 5.34. The van der Waals surface area contributed by atoms with E-state index in [1.54, 1.807) is 7.11 Å². The molecule has 23 heavy (non-hydrogen) atoms. The van der Waals surface area contributed by atoms with Crippen molar-refractivity contribution in [1.29, 1.82) is 0 Å². The Kier molecular flexibility index (Phi) is 4.74. The van der Waals surface area contributed by atoms with Gasteiger partial charge in [-0.2, -0.15) is 0 Å². The van der Waals surface area contributed by atoms with Gasteiger partial charge in [-0.25, -0.2) is 0 Å². The lowest BCUT2D eigenvalue weighted by atomic mass is 9.79. The second kappa shape index (κ2) is 6.62. The van der Waals surface area contributed by atoms with Gasteiger partial charge < -0.3 is 9.84 Å². The Morgan fingerprint density at radius 2 is 2.22 bits per heavy atom. The molecule has 0 saturated carbocycles. The topological polar surface area (TPSA) is 49.8 Å². The summed E-state index contributed by atoms with van der Waals surface area (Å²) >= 11 is 0. The van der Waals surface area contributed by atoms with Gasteiger partial charge in [-0.05, 0) is 54.4 Å². The summed E-state index contributed by atoms with van der Waals surface area (Å²) in [6.45, 7) is 6.40. The average Bonchev–Trinajstić information content (AvgIpc) is 2.53. The number of aliphatic hydroxyl groups excluding tert-OH is 1. The van der Waals surface area contributed by atoms with Crippen molar-refractivity contribution in [2.75, 3.05) is 20.2 Å². The Bertz CT molecular complexity index is 584. The van der Waals surface area contributed by atoms with Crippen molar-refractivity contribution in [3.63, 3.8) is 0 Å². The zero-order valence-corrected chi connectivity index (χ0v) is 14.3. The molecule has 0 radical (unpaired) electrons. The van der Waals surface area contributed by atoms with E-state index in [0.29, 0.717) is 23.1 Å². The highest BCUT2D eigenvalue weighted by molar-refractivity contribution is 5.80. The summed E-state index contributed by atoms with van der Waals surface area (Å²) in [4.78, 5) is 13.8. The molecule has 4 heteroatoms. The second-order valence-corrected chi connectivity index (χ2v) is 7.36. The first-order valence-electron chi connectivity index (χ1n) is 8.61. The van der Waals surface area contributed by atoms with Gasteiger partial charge in [-0.3, -0.25) is 9.69 Å². The van der Waals surface area contributed by atoms with Crippen LogP contribution in [0.3, 0.4) is 0 Å². The van der Waals surface area contributed by atoms with E-state index in [1.807, 2.05) is 12.1 Å². The highest BCUT2D eigenvalue weighted by atomic mass is 16.5. The molecule has 1 aromatic rings. The normalized spacial score (nSPS) is 27.4. The van der Waals surface area contributed by atoms with E-state index in [0.717, 1.165) is 38.6 Å². The van der Waals surface area contributed by atoms with Crippen LogP contribution in [0.15, 0.2) is 12.1 Å². The number of hydrogen-bond acceptors (Lipinski definition) is 4. The minimum atomic E-state index is -0.258. The van der Waals surface area contributed by atoms with Gasteiger partial charge >= 0.3 is 0 Å². The Balaban J connectivity index is 1.88. The molecule has 0 aliphatic carbocycles. The van der Waals surface area contributed by atoms with Crippen LogP contribution in [-0.4, -0.2) is 42.6 Å². The Morgan fingerprint density at radius 3 is 2.87 bits per heavy atom. The molecule has 4 nitrogen and oxygen atoms in total. The number of nitrogens with zero attached hydrogens (tertiary/aromatic N) is 1. The first kappa shape index (κ1) is 16.5. The minimum Gasteiger partial charge on any atom is -0.496 e. The lowest BCUT2D eigenvalue weighted by Gasteiger charge is -2.46. The van der Waals surface area contributed by atoms with Gasteiger partial charge in [-0.15, -0.1) is 0 Å². The van der Waals surface area contributed by atoms with E-state index >= 15 is 0 Å². The van der Waals surface area contributed by atoms with Gasteiger partial charge in [0.1, 0.15) is 5.75 Å². The van der Waals surface area contributed by atoms with Crippen LogP contribution in [0.1, 0.15) is 54.2 Å². The molecule has 1 fully saturated rings. The second-order valence-electron chi connectivity index (χ2n) is 7.36. The van der Waals surface area contributed by atoms with Crippen molar-refractivity contribution < 1.29 is 14.6 Å². The molecular formula is C19H27NO3. The minimum absolute atomic E-state index is 0.224.